The number of allylic oxidation sites excluding steroid dienone is 6. The topological polar surface area (TPSA) is 0 Å². The summed E-state index contributed by atoms with van der Waals surface area (Å²) >= 11 is 0. The van der Waals surface area contributed by atoms with Crippen LogP contribution < -0.4 is 0 Å². The third-order valence-corrected chi connectivity index (χ3v) is 1.97. The van der Waals surface area contributed by atoms with Gasteiger partial charge in [0.1, 0.15) is 0 Å². The Labute approximate surface area is 89.4 Å². The summed E-state index contributed by atoms with van der Waals surface area (Å²) in [6.07, 6.45) is 21.3. The highest BCUT2D eigenvalue weighted by Gasteiger charge is 1.80. The van der Waals surface area contributed by atoms with Crippen molar-refractivity contribution >= 4 is 0 Å². The van der Waals surface area contributed by atoms with E-state index in [-0.39, 0.29) is 0 Å². The van der Waals surface area contributed by atoms with Crippen LogP contribution in [0.5, 0.6) is 0 Å². The van der Waals surface area contributed by atoms with E-state index in [0.29, 0.717) is 0 Å². The second kappa shape index (κ2) is 12.2. The van der Waals surface area contributed by atoms with Gasteiger partial charge in [0.25, 0.3) is 0 Å². The number of hydrogen-bond donors (Lipinski definition) is 0. The summed E-state index contributed by atoms with van der Waals surface area (Å²) < 4.78 is 0. The zero-order chi connectivity index (χ0) is 10.5. The molecule has 0 saturated heterocycles. The molecule has 0 spiro atoms. The summed E-state index contributed by atoms with van der Waals surface area (Å²) in [5.74, 6) is 0. The van der Waals surface area contributed by atoms with Crippen LogP contribution in [0.2, 0.25) is 0 Å². The van der Waals surface area contributed by atoms with Crippen molar-refractivity contribution in [1.82, 2.24) is 0 Å². The van der Waals surface area contributed by atoms with Crippen molar-refractivity contribution in [3.63, 3.8) is 0 Å². The molecule has 0 aromatic heterocycles. The van der Waals surface area contributed by atoms with Crippen molar-refractivity contribution in [2.75, 3.05) is 0 Å². The summed E-state index contributed by atoms with van der Waals surface area (Å²) in [6.45, 7) is 4.19. The molecular weight excluding hydrogens is 168 g/mol. The highest BCUT2D eigenvalue weighted by Crippen LogP contribution is 2.00. The molecule has 0 aromatic rings. The Kier molecular flexibility index (Phi) is 11.5. The molecule has 0 heterocycles. The van der Waals surface area contributed by atoms with E-state index in [2.05, 4.69) is 50.3 Å². The Hall–Kier alpha value is -0.780. The van der Waals surface area contributed by atoms with Crippen molar-refractivity contribution in [1.29, 1.82) is 0 Å². The first-order valence-electron chi connectivity index (χ1n) is 5.73. The molecule has 1 radical (unpaired) electrons. The van der Waals surface area contributed by atoms with Crippen molar-refractivity contribution in [2.45, 2.75) is 52.4 Å². The second-order valence-corrected chi connectivity index (χ2v) is 3.31. The molecule has 79 valence electrons. The summed E-state index contributed by atoms with van der Waals surface area (Å²) in [5, 5.41) is 0. The Bertz CT molecular complexity index is 172. The third kappa shape index (κ3) is 11.2. The van der Waals surface area contributed by atoms with Crippen LogP contribution in [0.4, 0.5) is 0 Å². The van der Waals surface area contributed by atoms with Gasteiger partial charge in [-0.3, -0.25) is 0 Å². The molecule has 0 aliphatic rings. The van der Waals surface area contributed by atoms with Gasteiger partial charge < -0.3 is 0 Å². The molecule has 0 rings (SSSR count). The Morgan fingerprint density at radius 1 is 0.929 bits per heavy atom. The van der Waals surface area contributed by atoms with Crippen LogP contribution in [0.3, 0.4) is 0 Å². The maximum atomic E-state index is 3.21. The van der Waals surface area contributed by atoms with Gasteiger partial charge in [-0.25, -0.2) is 0 Å². The molecule has 0 N–H and O–H groups in total. The van der Waals surface area contributed by atoms with Crippen molar-refractivity contribution < 1.29 is 0 Å². The third-order valence-electron chi connectivity index (χ3n) is 1.97. The Morgan fingerprint density at radius 3 is 2.36 bits per heavy atom. The van der Waals surface area contributed by atoms with Crippen molar-refractivity contribution in [2.24, 2.45) is 0 Å². The monoisotopic (exact) mass is 191 g/mol. The standard InChI is InChI=1S/C14H23/c1-3-5-7-9-11-13-14-12-10-8-6-4-2/h3,5,8,11,13H,4,7,9-10,12,14H2,1-2H3/b5-3+,8-6?,13-11+. The minimum absolute atomic E-state index is 1.04. The van der Waals surface area contributed by atoms with E-state index < -0.39 is 0 Å². The quantitative estimate of drug-likeness (QED) is 0.380. The van der Waals surface area contributed by atoms with Crippen LogP contribution in [0.15, 0.2) is 30.4 Å². The van der Waals surface area contributed by atoms with Gasteiger partial charge in [0.15, 0.2) is 0 Å². The number of unbranched alkanes of at least 4 members (excludes halogenated alkanes) is 3. The van der Waals surface area contributed by atoms with E-state index in [1.165, 1.54) is 32.1 Å². The van der Waals surface area contributed by atoms with E-state index >= 15 is 0 Å². The first kappa shape index (κ1) is 13.2. The van der Waals surface area contributed by atoms with Crippen LogP contribution in [0.1, 0.15) is 52.4 Å². The van der Waals surface area contributed by atoms with E-state index in [1.54, 1.807) is 0 Å². The molecule has 0 aromatic carbocycles. The van der Waals surface area contributed by atoms with Crippen molar-refractivity contribution in [3.05, 3.63) is 36.5 Å². The largest absolute Gasteiger partial charge is 0.0917 e. The van der Waals surface area contributed by atoms with Gasteiger partial charge in [0.05, 0.1) is 0 Å². The lowest BCUT2D eigenvalue weighted by Gasteiger charge is -1.90. The zero-order valence-electron chi connectivity index (χ0n) is 9.63. The van der Waals surface area contributed by atoms with Gasteiger partial charge >= 0.3 is 0 Å². The summed E-state index contributed by atoms with van der Waals surface area (Å²) in [6, 6.07) is 0. The molecule has 0 aliphatic carbocycles. The average Bonchev–Trinajstić information content (AvgIpc) is 2.21. The Balaban J connectivity index is 3.14. The van der Waals surface area contributed by atoms with Gasteiger partial charge in [-0.1, -0.05) is 37.3 Å². The molecule has 0 atom stereocenters. The van der Waals surface area contributed by atoms with Crippen molar-refractivity contribution in [3.8, 4) is 0 Å². The van der Waals surface area contributed by atoms with E-state index in [4.69, 9.17) is 0 Å². The highest BCUT2D eigenvalue weighted by atomic mass is 13.9. The van der Waals surface area contributed by atoms with Crippen LogP contribution >= 0.6 is 0 Å². The minimum Gasteiger partial charge on any atom is -0.0917 e. The van der Waals surface area contributed by atoms with Gasteiger partial charge in [-0.2, -0.15) is 0 Å². The average molecular weight is 191 g/mol. The summed E-state index contributed by atoms with van der Waals surface area (Å²) in [4.78, 5) is 0. The number of hydrogen-bond acceptors (Lipinski definition) is 0. The summed E-state index contributed by atoms with van der Waals surface area (Å²) in [5.41, 5.74) is 0. The van der Waals surface area contributed by atoms with Crippen LogP contribution in [0, 0.1) is 6.08 Å². The highest BCUT2D eigenvalue weighted by molar-refractivity contribution is 4.87. The first-order chi connectivity index (χ1) is 6.91. The maximum absolute atomic E-state index is 3.21. The molecule has 0 amide bonds. The molecule has 0 unspecified atom stereocenters. The minimum atomic E-state index is 1.04. The first-order valence-corrected chi connectivity index (χ1v) is 5.73. The molecular formula is C14H23. The van der Waals surface area contributed by atoms with Gasteiger partial charge in [-0.05, 0) is 51.5 Å². The van der Waals surface area contributed by atoms with E-state index in [9.17, 15) is 0 Å². The second-order valence-electron chi connectivity index (χ2n) is 3.31. The normalized spacial score (nSPS) is 12.4. The predicted octanol–water partition coefficient (Wildman–Crippen LogP) is 4.84. The SMILES string of the molecule is C/C=C/CC/C=C/CCC/C=[C]\CC. The lowest BCUT2D eigenvalue weighted by atomic mass is 10.2. The molecule has 0 aliphatic heterocycles. The van der Waals surface area contributed by atoms with Crippen LogP contribution in [0.25, 0.3) is 0 Å². The molecule has 0 fully saturated rings. The lowest BCUT2D eigenvalue weighted by molar-refractivity contribution is 0.857. The van der Waals surface area contributed by atoms with Gasteiger partial charge in [0.2, 0.25) is 0 Å². The smallest absolute Gasteiger partial charge is 0.0308 e. The molecule has 0 heteroatoms. The van der Waals surface area contributed by atoms with E-state index in [1.807, 2.05) is 0 Å². The van der Waals surface area contributed by atoms with Crippen LogP contribution in [-0.4, -0.2) is 0 Å². The molecule has 14 heavy (non-hydrogen) atoms. The van der Waals surface area contributed by atoms with Gasteiger partial charge in [0, 0.05) is 0 Å². The zero-order valence-corrected chi connectivity index (χ0v) is 9.63. The predicted molar refractivity (Wildman–Crippen MR) is 65.1 cm³/mol. The maximum Gasteiger partial charge on any atom is -0.0308 e. The summed E-state index contributed by atoms with van der Waals surface area (Å²) in [7, 11) is 0. The fourth-order valence-corrected chi connectivity index (χ4v) is 1.18. The Morgan fingerprint density at radius 2 is 1.64 bits per heavy atom. The fourth-order valence-electron chi connectivity index (χ4n) is 1.18. The number of rotatable bonds is 8. The fraction of sp³-hybridized carbons (Fsp3) is 0.571. The van der Waals surface area contributed by atoms with Gasteiger partial charge in [-0.15, -0.1) is 0 Å². The molecule has 0 saturated carbocycles. The molecule has 0 bridgehead atoms. The lowest BCUT2D eigenvalue weighted by Crippen LogP contribution is -1.70. The molecule has 0 nitrogen and oxygen atoms in total. The van der Waals surface area contributed by atoms with E-state index in [0.717, 1.165) is 6.42 Å². The van der Waals surface area contributed by atoms with Crippen LogP contribution in [-0.2, 0) is 0 Å².